The van der Waals surface area contributed by atoms with Gasteiger partial charge in [-0.3, -0.25) is 0 Å². The number of rotatable bonds is 10. The Morgan fingerprint density at radius 1 is 0.812 bits per heavy atom. The molecule has 0 saturated carbocycles. The summed E-state index contributed by atoms with van der Waals surface area (Å²) in [4.78, 5) is 23.0. The maximum atomic E-state index is 11.7. The van der Waals surface area contributed by atoms with Crippen LogP contribution in [0.2, 0.25) is 0 Å². The van der Waals surface area contributed by atoms with Crippen LogP contribution in [0.1, 0.15) is 103 Å². The van der Waals surface area contributed by atoms with Crippen LogP contribution in [0.4, 0.5) is 0 Å². The zero-order valence-corrected chi connectivity index (χ0v) is 19.5. The smallest absolute Gasteiger partial charge is 0.335 e. The predicted molar refractivity (Wildman–Crippen MR) is 127 cm³/mol. The van der Waals surface area contributed by atoms with Gasteiger partial charge in [-0.15, -0.1) is 0 Å². The van der Waals surface area contributed by atoms with E-state index >= 15 is 0 Å². The van der Waals surface area contributed by atoms with E-state index in [4.69, 9.17) is 0 Å². The number of unbranched alkanes of at least 4 members (excludes halogenated alkanes) is 5. The monoisotopic (exact) mass is 435 g/mol. The SMILES string of the molecule is [CH2]CCCCCCCC1C(C)(C)c2cc(C(=O)O)ccc2C1(C)c1ccc(C(=O)O)cc1. The number of fused-ring (bicyclic) bond motifs is 1. The van der Waals surface area contributed by atoms with Crippen LogP contribution in [0.5, 0.6) is 0 Å². The van der Waals surface area contributed by atoms with Crippen molar-refractivity contribution in [2.24, 2.45) is 5.92 Å². The quantitative estimate of drug-likeness (QED) is 0.400. The standard InChI is InChI=1S/C28H35O4/c1-5-6-7-8-9-10-11-24-27(2,3)23-18-20(26(31)32)14-17-22(23)28(24,4)21-15-12-19(13-16-21)25(29)30/h12-18,24H,1,5-11H2,2-4H3,(H,29,30)(H,31,32). The number of carboxylic acids is 2. The first kappa shape index (κ1) is 24.0. The highest BCUT2D eigenvalue weighted by Gasteiger charge is 2.53. The number of carboxylic acid groups (broad SMARTS) is 2. The lowest BCUT2D eigenvalue weighted by Crippen LogP contribution is -2.36. The van der Waals surface area contributed by atoms with Gasteiger partial charge in [-0.1, -0.05) is 84.4 Å². The summed E-state index contributed by atoms with van der Waals surface area (Å²) in [5.74, 6) is -1.57. The third-order valence-electron chi connectivity index (χ3n) is 7.56. The van der Waals surface area contributed by atoms with Gasteiger partial charge in [0.2, 0.25) is 0 Å². The fourth-order valence-corrected chi connectivity index (χ4v) is 5.78. The third kappa shape index (κ3) is 4.32. The first-order valence-electron chi connectivity index (χ1n) is 11.7. The van der Waals surface area contributed by atoms with Crippen molar-refractivity contribution in [3.05, 3.63) is 77.2 Å². The molecule has 4 heteroatoms. The molecule has 4 nitrogen and oxygen atoms in total. The molecule has 2 aromatic rings. The van der Waals surface area contributed by atoms with Crippen molar-refractivity contribution in [3.8, 4) is 0 Å². The van der Waals surface area contributed by atoms with Crippen LogP contribution in [-0.4, -0.2) is 22.2 Å². The average molecular weight is 436 g/mol. The van der Waals surface area contributed by atoms with Gasteiger partial charge in [0.1, 0.15) is 0 Å². The zero-order chi connectivity index (χ0) is 23.5. The van der Waals surface area contributed by atoms with Crippen LogP contribution in [0, 0.1) is 12.8 Å². The number of hydrogen-bond donors (Lipinski definition) is 2. The molecule has 2 N–H and O–H groups in total. The van der Waals surface area contributed by atoms with E-state index in [1.54, 1.807) is 18.2 Å². The summed E-state index contributed by atoms with van der Waals surface area (Å²) in [5.41, 5.74) is 3.39. The topological polar surface area (TPSA) is 74.6 Å². The molecular formula is C28H35O4. The molecule has 3 rings (SSSR count). The van der Waals surface area contributed by atoms with Gasteiger partial charge >= 0.3 is 11.9 Å². The minimum atomic E-state index is -0.932. The molecule has 1 aliphatic rings. The minimum Gasteiger partial charge on any atom is -0.478 e. The lowest BCUT2D eigenvalue weighted by atomic mass is 9.64. The molecule has 32 heavy (non-hydrogen) atoms. The van der Waals surface area contributed by atoms with Crippen LogP contribution >= 0.6 is 0 Å². The largest absolute Gasteiger partial charge is 0.478 e. The van der Waals surface area contributed by atoms with E-state index in [0.717, 1.165) is 36.0 Å². The lowest BCUT2D eigenvalue weighted by Gasteiger charge is -2.39. The van der Waals surface area contributed by atoms with Crippen LogP contribution in [0.3, 0.4) is 0 Å². The highest BCUT2D eigenvalue weighted by atomic mass is 16.4. The first-order valence-corrected chi connectivity index (χ1v) is 11.7. The molecule has 0 aromatic heterocycles. The highest BCUT2D eigenvalue weighted by molar-refractivity contribution is 5.88. The number of hydrogen-bond acceptors (Lipinski definition) is 2. The van der Waals surface area contributed by atoms with Gasteiger partial charge in [-0.2, -0.15) is 0 Å². The molecule has 1 aliphatic carbocycles. The van der Waals surface area contributed by atoms with Gasteiger partial charge in [0, 0.05) is 5.41 Å². The van der Waals surface area contributed by atoms with E-state index in [9.17, 15) is 19.8 Å². The summed E-state index contributed by atoms with van der Waals surface area (Å²) in [7, 11) is 0. The molecule has 0 fully saturated rings. The molecule has 171 valence electrons. The van der Waals surface area contributed by atoms with Crippen molar-refractivity contribution in [1.29, 1.82) is 0 Å². The normalized spacial score (nSPS) is 21.3. The second-order valence-electron chi connectivity index (χ2n) is 9.83. The van der Waals surface area contributed by atoms with Crippen LogP contribution in [0.15, 0.2) is 42.5 Å². The zero-order valence-electron chi connectivity index (χ0n) is 19.5. The van der Waals surface area contributed by atoms with E-state index < -0.39 is 11.9 Å². The Morgan fingerprint density at radius 3 is 1.97 bits per heavy atom. The molecule has 0 saturated heterocycles. The lowest BCUT2D eigenvalue weighted by molar-refractivity contribution is 0.0686. The Kier molecular flexibility index (Phi) is 7.12. The predicted octanol–water partition coefficient (Wildman–Crippen LogP) is 6.86. The van der Waals surface area contributed by atoms with Crippen molar-refractivity contribution in [2.45, 2.75) is 76.5 Å². The third-order valence-corrected chi connectivity index (χ3v) is 7.56. The van der Waals surface area contributed by atoms with E-state index in [1.807, 2.05) is 24.3 Å². The van der Waals surface area contributed by atoms with Crippen LogP contribution in [0.25, 0.3) is 0 Å². The van der Waals surface area contributed by atoms with Gasteiger partial charge in [0.05, 0.1) is 11.1 Å². The summed E-state index contributed by atoms with van der Waals surface area (Å²) in [6.07, 6.45) is 7.92. The van der Waals surface area contributed by atoms with Crippen molar-refractivity contribution in [2.75, 3.05) is 0 Å². The molecule has 1 radical (unpaired) electrons. The van der Waals surface area contributed by atoms with E-state index in [-0.39, 0.29) is 22.3 Å². The fourth-order valence-electron chi connectivity index (χ4n) is 5.78. The van der Waals surface area contributed by atoms with Crippen LogP contribution in [-0.2, 0) is 10.8 Å². The van der Waals surface area contributed by atoms with Gasteiger partial charge in [-0.05, 0) is 58.7 Å². The molecule has 2 aromatic carbocycles. The van der Waals surface area contributed by atoms with Crippen LogP contribution < -0.4 is 0 Å². The van der Waals surface area contributed by atoms with E-state index in [0.29, 0.717) is 5.56 Å². The van der Waals surface area contributed by atoms with Crippen molar-refractivity contribution in [3.63, 3.8) is 0 Å². The second-order valence-corrected chi connectivity index (χ2v) is 9.83. The van der Waals surface area contributed by atoms with Gasteiger partial charge < -0.3 is 10.2 Å². The van der Waals surface area contributed by atoms with Crippen molar-refractivity contribution >= 4 is 11.9 Å². The molecule has 2 unspecified atom stereocenters. The molecule has 0 spiro atoms. The second kappa shape index (κ2) is 9.48. The molecule has 0 amide bonds. The summed E-state index contributed by atoms with van der Waals surface area (Å²) in [6, 6.07) is 12.7. The van der Waals surface area contributed by atoms with Crippen molar-refractivity contribution in [1.82, 2.24) is 0 Å². The summed E-state index contributed by atoms with van der Waals surface area (Å²) in [6.45, 7) is 10.6. The average Bonchev–Trinajstić information content (AvgIpc) is 2.94. The molecule has 0 aliphatic heterocycles. The van der Waals surface area contributed by atoms with Gasteiger partial charge in [0.15, 0.2) is 0 Å². The van der Waals surface area contributed by atoms with Crippen molar-refractivity contribution < 1.29 is 19.8 Å². The highest BCUT2D eigenvalue weighted by Crippen LogP contribution is 2.58. The molecular weight excluding hydrogens is 400 g/mol. The summed E-state index contributed by atoms with van der Waals surface area (Å²) in [5, 5.41) is 18.9. The minimum absolute atomic E-state index is 0.200. The Bertz CT molecular complexity index is 973. The first-order chi connectivity index (χ1) is 15.1. The Morgan fingerprint density at radius 2 is 1.38 bits per heavy atom. The van der Waals surface area contributed by atoms with E-state index in [2.05, 4.69) is 27.7 Å². The fraction of sp³-hybridized carbons (Fsp3) is 0.464. The number of carbonyl (C=O) groups is 2. The maximum absolute atomic E-state index is 11.7. The molecule has 2 atom stereocenters. The van der Waals surface area contributed by atoms with E-state index in [1.165, 1.54) is 25.7 Å². The summed E-state index contributed by atoms with van der Waals surface area (Å²) >= 11 is 0. The number of benzene rings is 2. The number of aromatic carboxylic acids is 2. The summed E-state index contributed by atoms with van der Waals surface area (Å²) < 4.78 is 0. The Balaban J connectivity index is 2.01. The maximum Gasteiger partial charge on any atom is 0.335 e. The Hall–Kier alpha value is -2.62. The van der Waals surface area contributed by atoms with Gasteiger partial charge in [-0.25, -0.2) is 9.59 Å². The molecule has 0 heterocycles. The Labute approximate surface area is 191 Å². The molecule has 0 bridgehead atoms. The van der Waals surface area contributed by atoms with Gasteiger partial charge in [0.25, 0.3) is 0 Å².